The Kier molecular flexibility index (Phi) is 22.8. The van der Waals surface area contributed by atoms with E-state index >= 15 is 0 Å². The molecule has 0 atom stereocenters. The zero-order valence-corrected chi connectivity index (χ0v) is 8.70. The molecule has 0 saturated heterocycles. The normalized spacial score (nSPS) is 6.79. The Balaban J connectivity index is -0.000000147. The van der Waals surface area contributed by atoms with Crippen molar-refractivity contribution in [2.75, 3.05) is 20.6 Å². The van der Waals surface area contributed by atoms with Gasteiger partial charge in [0.1, 0.15) is 0 Å². The van der Waals surface area contributed by atoms with Gasteiger partial charge in [-0.2, -0.15) is 0 Å². The Morgan fingerprint density at radius 1 is 1.36 bits per heavy atom. The topological polar surface area (TPSA) is 98.7 Å². The van der Waals surface area contributed by atoms with Crippen molar-refractivity contribution >= 4 is 12.1 Å². The lowest BCUT2D eigenvalue weighted by atomic mass is 10.6. The zero-order chi connectivity index (χ0) is 12.0. The first-order valence-electron chi connectivity index (χ1n) is 3.86. The SMILES string of the molecule is C=CC(=O)NCC.CNC.O=C(O)O. The van der Waals surface area contributed by atoms with Gasteiger partial charge in [0.25, 0.3) is 0 Å². The van der Waals surface area contributed by atoms with Crippen molar-refractivity contribution in [2.24, 2.45) is 0 Å². The number of likely N-dealkylation sites (N-methyl/N-ethyl adjacent to an activating group) is 1. The highest BCUT2D eigenvalue weighted by Gasteiger charge is 1.83. The van der Waals surface area contributed by atoms with Crippen LogP contribution >= 0.6 is 0 Å². The van der Waals surface area contributed by atoms with E-state index in [1.807, 2.05) is 21.0 Å². The highest BCUT2D eigenvalue weighted by molar-refractivity contribution is 5.86. The fourth-order valence-corrected chi connectivity index (χ4v) is 0.246. The van der Waals surface area contributed by atoms with Crippen LogP contribution in [0.2, 0.25) is 0 Å². The molecule has 0 spiro atoms. The number of carbonyl (C=O) groups is 2. The van der Waals surface area contributed by atoms with Crippen LogP contribution in [0.25, 0.3) is 0 Å². The molecule has 1 amide bonds. The van der Waals surface area contributed by atoms with Gasteiger partial charge in [0.05, 0.1) is 0 Å². The van der Waals surface area contributed by atoms with Gasteiger partial charge in [0.2, 0.25) is 5.91 Å². The van der Waals surface area contributed by atoms with E-state index in [-0.39, 0.29) is 5.91 Å². The second kappa shape index (κ2) is 17.5. The van der Waals surface area contributed by atoms with Crippen molar-refractivity contribution in [1.29, 1.82) is 0 Å². The number of nitrogens with one attached hydrogen (secondary N) is 2. The van der Waals surface area contributed by atoms with Gasteiger partial charge in [-0.3, -0.25) is 4.79 Å². The second-order valence-corrected chi connectivity index (χ2v) is 1.88. The van der Waals surface area contributed by atoms with E-state index in [0.29, 0.717) is 6.54 Å². The Morgan fingerprint density at radius 2 is 1.64 bits per heavy atom. The van der Waals surface area contributed by atoms with Crippen molar-refractivity contribution in [2.45, 2.75) is 6.92 Å². The lowest BCUT2D eigenvalue weighted by Gasteiger charge is -1.90. The Labute approximate surface area is 83.6 Å². The summed E-state index contributed by atoms with van der Waals surface area (Å²) in [6.45, 7) is 5.80. The summed E-state index contributed by atoms with van der Waals surface area (Å²) in [4.78, 5) is 18.7. The van der Waals surface area contributed by atoms with Gasteiger partial charge >= 0.3 is 6.16 Å². The van der Waals surface area contributed by atoms with E-state index in [1.165, 1.54) is 6.08 Å². The predicted octanol–water partition coefficient (Wildman–Crippen LogP) is 0.367. The number of carboxylic acid groups (broad SMARTS) is 2. The van der Waals surface area contributed by atoms with Crippen molar-refractivity contribution in [3.8, 4) is 0 Å². The molecular formula is C8H18N2O4. The van der Waals surface area contributed by atoms with E-state index < -0.39 is 6.16 Å². The van der Waals surface area contributed by atoms with Crippen molar-refractivity contribution in [1.82, 2.24) is 10.6 Å². The predicted molar refractivity (Wildman–Crippen MR) is 54.5 cm³/mol. The average molecular weight is 206 g/mol. The first kappa shape index (κ1) is 18.3. The number of rotatable bonds is 2. The number of amides is 1. The van der Waals surface area contributed by atoms with Crippen LogP contribution in [0.4, 0.5) is 4.79 Å². The number of hydrogen-bond acceptors (Lipinski definition) is 3. The van der Waals surface area contributed by atoms with Gasteiger partial charge < -0.3 is 20.8 Å². The maximum Gasteiger partial charge on any atom is 0.503 e. The van der Waals surface area contributed by atoms with Gasteiger partial charge in [0, 0.05) is 6.54 Å². The average Bonchev–Trinajstić information content (AvgIpc) is 2.05. The minimum absolute atomic E-state index is 0.109. The van der Waals surface area contributed by atoms with E-state index in [0.717, 1.165) is 0 Å². The van der Waals surface area contributed by atoms with Gasteiger partial charge in [-0.05, 0) is 27.1 Å². The summed E-state index contributed by atoms with van der Waals surface area (Å²) in [6, 6.07) is 0. The smallest absolute Gasteiger partial charge is 0.450 e. The van der Waals surface area contributed by atoms with E-state index in [2.05, 4.69) is 17.2 Å². The summed E-state index contributed by atoms with van der Waals surface area (Å²) in [5.74, 6) is -0.109. The van der Waals surface area contributed by atoms with Gasteiger partial charge in [-0.15, -0.1) is 0 Å². The molecule has 6 nitrogen and oxygen atoms in total. The summed E-state index contributed by atoms with van der Waals surface area (Å²) in [6.07, 6.45) is -0.580. The molecule has 0 aromatic carbocycles. The Bertz CT molecular complexity index is 155. The summed E-state index contributed by atoms with van der Waals surface area (Å²) >= 11 is 0. The van der Waals surface area contributed by atoms with E-state index in [1.54, 1.807) is 0 Å². The van der Waals surface area contributed by atoms with Crippen LogP contribution in [-0.4, -0.2) is 42.9 Å². The fraction of sp³-hybridized carbons (Fsp3) is 0.500. The van der Waals surface area contributed by atoms with Crippen LogP contribution in [-0.2, 0) is 4.79 Å². The summed E-state index contributed by atoms with van der Waals surface area (Å²) in [5.41, 5.74) is 0. The maximum atomic E-state index is 10.2. The van der Waals surface area contributed by atoms with Crippen LogP contribution in [0.1, 0.15) is 6.92 Å². The van der Waals surface area contributed by atoms with Gasteiger partial charge in [-0.25, -0.2) is 4.79 Å². The molecule has 0 aliphatic heterocycles. The molecule has 0 unspecified atom stereocenters. The summed E-state index contributed by atoms with van der Waals surface area (Å²) < 4.78 is 0. The van der Waals surface area contributed by atoms with E-state index in [4.69, 9.17) is 15.0 Å². The van der Waals surface area contributed by atoms with E-state index in [9.17, 15) is 4.79 Å². The summed E-state index contributed by atoms with van der Waals surface area (Å²) in [5, 5.41) is 19.2. The molecule has 0 rings (SSSR count). The number of hydrogen-bond donors (Lipinski definition) is 4. The molecule has 4 N–H and O–H groups in total. The van der Waals surface area contributed by atoms with Crippen molar-refractivity contribution in [3.05, 3.63) is 12.7 Å². The standard InChI is InChI=1S/C5H9NO.C2H7N.CH2O3/c1-3-5(7)6-4-2;1-3-2;2-1(3)4/h3H,1,4H2,2H3,(H,6,7);3H,1-2H3;(H2,2,3,4). The molecule has 0 aliphatic carbocycles. The number of carbonyl (C=O) groups excluding carboxylic acids is 1. The highest BCUT2D eigenvalue weighted by atomic mass is 16.6. The zero-order valence-electron chi connectivity index (χ0n) is 8.70. The molecule has 0 bridgehead atoms. The van der Waals surface area contributed by atoms with Gasteiger partial charge in [-0.1, -0.05) is 6.58 Å². The minimum atomic E-state index is -1.83. The largest absolute Gasteiger partial charge is 0.503 e. The van der Waals surface area contributed by atoms with Gasteiger partial charge in [0.15, 0.2) is 0 Å². The third-order valence-corrected chi connectivity index (χ3v) is 0.536. The van der Waals surface area contributed by atoms with Crippen molar-refractivity contribution < 1.29 is 19.8 Å². The minimum Gasteiger partial charge on any atom is -0.450 e. The Morgan fingerprint density at radius 3 is 1.71 bits per heavy atom. The molecule has 0 aliphatic rings. The molecule has 14 heavy (non-hydrogen) atoms. The second-order valence-electron chi connectivity index (χ2n) is 1.88. The van der Waals surface area contributed by atoms with Crippen LogP contribution in [0.3, 0.4) is 0 Å². The molecule has 0 heterocycles. The molecule has 0 fully saturated rings. The maximum absolute atomic E-state index is 10.2. The molecule has 84 valence electrons. The molecule has 0 aromatic rings. The molecular weight excluding hydrogens is 188 g/mol. The first-order chi connectivity index (χ1) is 6.45. The summed E-state index contributed by atoms with van der Waals surface area (Å²) in [7, 11) is 3.75. The highest BCUT2D eigenvalue weighted by Crippen LogP contribution is 1.61. The fourth-order valence-electron chi connectivity index (χ4n) is 0.246. The molecule has 0 saturated carbocycles. The van der Waals surface area contributed by atoms with Crippen LogP contribution < -0.4 is 10.6 Å². The third-order valence-electron chi connectivity index (χ3n) is 0.536. The van der Waals surface area contributed by atoms with Crippen LogP contribution in [0.5, 0.6) is 0 Å². The van der Waals surface area contributed by atoms with Crippen LogP contribution in [0, 0.1) is 0 Å². The lowest BCUT2D eigenvalue weighted by Crippen LogP contribution is -2.19. The monoisotopic (exact) mass is 206 g/mol. The quantitative estimate of drug-likeness (QED) is 0.489. The first-order valence-corrected chi connectivity index (χ1v) is 3.86. The Hall–Kier alpha value is -1.56. The molecule has 6 heteroatoms. The molecule has 0 radical (unpaired) electrons. The lowest BCUT2D eigenvalue weighted by molar-refractivity contribution is -0.116. The molecule has 0 aromatic heterocycles. The van der Waals surface area contributed by atoms with Crippen molar-refractivity contribution in [3.63, 3.8) is 0 Å². The third kappa shape index (κ3) is 78.6. The van der Waals surface area contributed by atoms with Crippen LogP contribution in [0.15, 0.2) is 12.7 Å².